The zero-order valence-corrected chi connectivity index (χ0v) is 16.4. The highest BCUT2D eigenvalue weighted by molar-refractivity contribution is 5.59. The first-order valence-electron chi connectivity index (χ1n) is 9.74. The Bertz CT molecular complexity index is 1370. The van der Waals surface area contributed by atoms with Gasteiger partial charge in [0.15, 0.2) is 5.82 Å². The van der Waals surface area contributed by atoms with Gasteiger partial charge in [-0.25, -0.2) is 0 Å². The zero-order chi connectivity index (χ0) is 20.5. The molecule has 3 aromatic carbocycles. The maximum Gasteiger partial charge on any atom is 0.296 e. The van der Waals surface area contributed by atoms with E-state index in [1.165, 1.54) is 5.56 Å². The van der Waals surface area contributed by atoms with Gasteiger partial charge in [0.2, 0.25) is 0 Å². The third-order valence-corrected chi connectivity index (χ3v) is 4.97. The lowest BCUT2D eigenvalue weighted by atomic mass is 10.1. The molecular weight excluding hydrogens is 374 g/mol. The predicted octanol–water partition coefficient (Wildman–Crippen LogP) is 3.84. The molecule has 0 aliphatic heterocycles. The quantitative estimate of drug-likeness (QED) is 0.465. The summed E-state index contributed by atoms with van der Waals surface area (Å²) in [6.07, 6.45) is 0.416. The lowest BCUT2D eigenvalue weighted by molar-refractivity contribution is 0.818. The standard InChI is InChI=1S/C24H19N5O/c1-17-12-14-18(15-13-17)16-21-23(30)25-24-28(20-10-6-3-7-11-20)27-22(29(24)26-21)19-8-4-2-5-9-19/h2-15H,16H2,1H3. The van der Waals surface area contributed by atoms with Gasteiger partial charge in [0, 0.05) is 12.0 Å². The molecule has 2 aromatic heterocycles. The SMILES string of the molecule is Cc1ccc(Cc2nn3c(-c4ccccc4)nn(-c4ccccc4)c3nc2=O)cc1. The summed E-state index contributed by atoms with van der Waals surface area (Å²) in [7, 11) is 0. The van der Waals surface area contributed by atoms with Crippen molar-refractivity contribution in [2.45, 2.75) is 13.3 Å². The van der Waals surface area contributed by atoms with Crippen LogP contribution in [0.5, 0.6) is 0 Å². The Morgan fingerprint density at radius 3 is 2.17 bits per heavy atom. The van der Waals surface area contributed by atoms with Crippen LogP contribution >= 0.6 is 0 Å². The van der Waals surface area contributed by atoms with Crippen LogP contribution in [0.1, 0.15) is 16.8 Å². The third-order valence-electron chi connectivity index (χ3n) is 4.97. The van der Waals surface area contributed by atoms with Crippen molar-refractivity contribution in [1.29, 1.82) is 0 Å². The fraction of sp³-hybridized carbons (Fsp3) is 0.0833. The average Bonchev–Trinajstić information content (AvgIpc) is 3.15. The van der Waals surface area contributed by atoms with Crippen LogP contribution in [0, 0.1) is 6.92 Å². The van der Waals surface area contributed by atoms with Crippen LogP contribution in [0.15, 0.2) is 89.7 Å². The second-order valence-corrected chi connectivity index (χ2v) is 7.17. The van der Waals surface area contributed by atoms with Crippen molar-refractivity contribution in [1.82, 2.24) is 24.4 Å². The van der Waals surface area contributed by atoms with Crippen molar-refractivity contribution in [2.24, 2.45) is 0 Å². The van der Waals surface area contributed by atoms with Crippen molar-refractivity contribution in [2.75, 3.05) is 0 Å². The summed E-state index contributed by atoms with van der Waals surface area (Å²) < 4.78 is 3.32. The summed E-state index contributed by atoms with van der Waals surface area (Å²) in [4.78, 5) is 17.2. The van der Waals surface area contributed by atoms with E-state index in [-0.39, 0.29) is 5.56 Å². The number of benzene rings is 3. The van der Waals surface area contributed by atoms with Crippen molar-refractivity contribution >= 4 is 5.78 Å². The molecule has 6 nitrogen and oxygen atoms in total. The molecule has 0 spiro atoms. The molecule has 2 heterocycles. The summed E-state index contributed by atoms with van der Waals surface area (Å²) in [6, 6.07) is 27.5. The van der Waals surface area contributed by atoms with Gasteiger partial charge in [0.05, 0.1) is 5.69 Å². The number of fused-ring (bicyclic) bond motifs is 1. The number of para-hydroxylation sites is 1. The third kappa shape index (κ3) is 3.28. The number of rotatable bonds is 4. The second-order valence-electron chi connectivity index (χ2n) is 7.17. The Hall–Kier alpha value is -4.06. The molecule has 0 atom stereocenters. The van der Waals surface area contributed by atoms with Crippen molar-refractivity contribution < 1.29 is 0 Å². The van der Waals surface area contributed by atoms with Crippen LogP contribution in [0.4, 0.5) is 0 Å². The lowest BCUT2D eigenvalue weighted by Crippen LogP contribution is -2.20. The molecule has 0 saturated heterocycles. The van der Waals surface area contributed by atoms with Gasteiger partial charge in [-0.15, -0.1) is 5.10 Å². The lowest BCUT2D eigenvalue weighted by Gasteiger charge is -2.04. The predicted molar refractivity (Wildman–Crippen MR) is 116 cm³/mol. The molecule has 0 unspecified atom stereocenters. The molecule has 5 aromatic rings. The molecule has 0 radical (unpaired) electrons. The molecule has 0 amide bonds. The van der Waals surface area contributed by atoms with E-state index in [2.05, 4.69) is 10.1 Å². The zero-order valence-electron chi connectivity index (χ0n) is 16.4. The van der Waals surface area contributed by atoms with Crippen LogP contribution < -0.4 is 5.56 Å². The first-order valence-corrected chi connectivity index (χ1v) is 9.74. The minimum Gasteiger partial charge on any atom is -0.265 e. The minimum absolute atomic E-state index is 0.340. The maximum absolute atomic E-state index is 12.8. The highest BCUT2D eigenvalue weighted by atomic mass is 16.1. The molecule has 0 aliphatic rings. The number of aromatic nitrogens is 5. The van der Waals surface area contributed by atoms with E-state index >= 15 is 0 Å². The van der Waals surface area contributed by atoms with Gasteiger partial charge in [-0.2, -0.15) is 19.3 Å². The molecular formula is C24H19N5O. The summed E-state index contributed by atoms with van der Waals surface area (Å²) >= 11 is 0. The Labute approximate surface area is 173 Å². The molecule has 0 bridgehead atoms. The van der Waals surface area contributed by atoms with Crippen molar-refractivity contribution in [3.8, 4) is 17.1 Å². The summed E-state index contributed by atoms with van der Waals surface area (Å²) in [6.45, 7) is 2.04. The van der Waals surface area contributed by atoms with Crippen LogP contribution in [-0.2, 0) is 6.42 Å². The van der Waals surface area contributed by atoms with Gasteiger partial charge in [0.1, 0.15) is 5.69 Å². The van der Waals surface area contributed by atoms with Crippen molar-refractivity contribution in [3.63, 3.8) is 0 Å². The van der Waals surface area contributed by atoms with E-state index in [9.17, 15) is 4.79 Å². The van der Waals surface area contributed by atoms with Crippen LogP contribution in [0.2, 0.25) is 0 Å². The van der Waals surface area contributed by atoms with Gasteiger partial charge in [0.25, 0.3) is 11.3 Å². The van der Waals surface area contributed by atoms with E-state index in [0.29, 0.717) is 23.7 Å². The van der Waals surface area contributed by atoms with Gasteiger partial charge in [-0.1, -0.05) is 78.4 Å². The number of aryl methyl sites for hydroxylation is 1. The summed E-state index contributed by atoms with van der Waals surface area (Å²) in [5, 5.41) is 9.42. The van der Waals surface area contributed by atoms with Crippen LogP contribution in [0.3, 0.4) is 0 Å². The molecule has 146 valence electrons. The average molecular weight is 393 g/mol. The highest BCUT2D eigenvalue weighted by Gasteiger charge is 2.18. The molecule has 30 heavy (non-hydrogen) atoms. The topological polar surface area (TPSA) is 65.1 Å². The summed E-state index contributed by atoms with van der Waals surface area (Å²) in [5.41, 5.74) is 3.96. The van der Waals surface area contributed by atoms with E-state index in [0.717, 1.165) is 16.8 Å². The van der Waals surface area contributed by atoms with Gasteiger partial charge < -0.3 is 0 Å². The Kier molecular flexibility index (Phi) is 4.44. The van der Waals surface area contributed by atoms with E-state index in [1.807, 2.05) is 91.9 Å². The van der Waals surface area contributed by atoms with Crippen molar-refractivity contribution in [3.05, 3.63) is 112 Å². The molecule has 0 N–H and O–H groups in total. The monoisotopic (exact) mass is 393 g/mol. The summed E-state index contributed by atoms with van der Waals surface area (Å²) in [5.74, 6) is 1.02. The van der Waals surface area contributed by atoms with E-state index < -0.39 is 0 Å². The van der Waals surface area contributed by atoms with E-state index in [4.69, 9.17) is 5.10 Å². The fourth-order valence-corrected chi connectivity index (χ4v) is 3.39. The number of hydrogen-bond donors (Lipinski definition) is 0. The molecule has 0 saturated carbocycles. The Morgan fingerprint density at radius 2 is 1.47 bits per heavy atom. The van der Waals surface area contributed by atoms with Crippen LogP contribution in [-0.4, -0.2) is 24.4 Å². The van der Waals surface area contributed by atoms with Gasteiger partial charge in [-0.3, -0.25) is 4.79 Å². The number of nitrogens with zero attached hydrogens (tertiary/aromatic N) is 5. The molecule has 6 heteroatoms. The molecule has 5 rings (SSSR count). The highest BCUT2D eigenvalue weighted by Crippen LogP contribution is 2.20. The largest absolute Gasteiger partial charge is 0.296 e. The maximum atomic E-state index is 12.8. The number of hydrogen-bond acceptors (Lipinski definition) is 4. The van der Waals surface area contributed by atoms with Crippen LogP contribution in [0.25, 0.3) is 22.9 Å². The normalized spacial score (nSPS) is 11.1. The van der Waals surface area contributed by atoms with E-state index in [1.54, 1.807) is 9.20 Å². The Balaban J connectivity index is 1.71. The fourth-order valence-electron chi connectivity index (χ4n) is 3.39. The smallest absolute Gasteiger partial charge is 0.265 e. The first-order chi connectivity index (χ1) is 14.7. The molecule has 0 aliphatic carbocycles. The second kappa shape index (κ2) is 7.40. The minimum atomic E-state index is -0.340. The van der Waals surface area contributed by atoms with Gasteiger partial charge in [-0.05, 0) is 24.6 Å². The van der Waals surface area contributed by atoms with Gasteiger partial charge >= 0.3 is 0 Å². The first kappa shape index (κ1) is 18.0. The Morgan fingerprint density at radius 1 is 0.800 bits per heavy atom. The molecule has 0 fully saturated rings.